The third kappa shape index (κ3) is 4.20. The Balaban J connectivity index is 2.97. The van der Waals surface area contributed by atoms with Gasteiger partial charge in [0, 0.05) is 12.1 Å². The van der Waals surface area contributed by atoms with E-state index in [1.807, 2.05) is 6.92 Å². The van der Waals surface area contributed by atoms with Crippen LogP contribution in [0.15, 0.2) is 23.2 Å². The lowest BCUT2D eigenvalue weighted by atomic mass is 10.2. The van der Waals surface area contributed by atoms with Gasteiger partial charge in [0.2, 0.25) is 0 Å². The second-order valence-corrected chi connectivity index (χ2v) is 4.33. The number of aliphatic imine (C=N–C) groups is 1. The topological polar surface area (TPSA) is 67.5 Å². The number of hydrogen-bond donors (Lipinski definition) is 2. The molecule has 4 nitrogen and oxygen atoms in total. The first kappa shape index (κ1) is 14.8. The van der Waals surface area contributed by atoms with Crippen LogP contribution in [0.4, 0.5) is 5.69 Å². The number of benzene rings is 1. The molecule has 0 saturated heterocycles. The molecule has 1 amide bonds. The smallest absolute Gasteiger partial charge is 0.251 e. The van der Waals surface area contributed by atoms with Gasteiger partial charge in [-0.1, -0.05) is 18.5 Å². The Bertz CT molecular complexity index is 461. The highest BCUT2D eigenvalue weighted by Gasteiger charge is 2.08. The van der Waals surface area contributed by atoms with Gasteiger partial charge in [-0.2, -0.15) is 0 Å². The molecule has 98 valence electrons. The van der Waals surface area contributed by atoms with Crippen LogP contribution in [-0.2, 0) is 0 Å². The van der Waals surface area contributed by atoms with E-state index in [4.69, 9.17) is 28.9 Å². The fraction of sp³-hybridized carbons (Fsp3) is 0.333. The van der Waals surface area contributed by atoms with Gasteiger partial charge in [0.05, 0.1) is 16.6 Å². The van der Waals surface area contributed by atoms with Crippen molar-refractivity contribution in [3.8, 4) is 0 Å². The second-order valence-electron chi connectivity index (χ2n) is 3.66. The number of hydrogen-bond acceptors (Lipinski definition) is 2. The van der Waals surface area contributed by atoms with E-state index >= 15 is 0 Å². The van der Waals surface area contributed by atoms with Gasteiger partial charge in [0.1, 0.15) is 5.84 Å². The molecule has 1 aromatic rings. The molecular weight excluding hydrogens is 273 g/mol. The summed E-state index contributed by atoms with van der Waals surface area (Å²) in [5.41, 5.74) is 6.48. The number of amidine groups is 1. The zero-order chi connectivity index (χ0) is 13.5. The first-order valence-electron chi connectivity index (χ1n) is 5.55. The third-order valence-corrected chi connectivity index (χ3v) is 2.74. The van der Waals surface area contributed by atoms with E-state index < -0.39 is 0 Å². The van der Waals surface area contributed by atoms with Gasteiger partial charge in [-0.15, -0.1) is 11.6 Å². The van der Waals surface area contributed by atoms with E-state index in [0.29, 0.717) is 22.8 Å². The molecule has 3 N–H and O–H groups in total. The number of halogens is 2. The summed E-state index contributed by atoms with van der Waals surface area (Å²) in [5, 5.41) is 3.20. The summed E-state index contributed by atoms with van der Waals surface area (Å²) >= 11 is 11.5. The Morgan fingerprint density at radius 2 is 2.22 bits per heavy atom. The summed E-state index contributed by atoms with van der Waals surface area (Å²) in [6.45, 7) is 2.61. The maximum atomic E-state index is 11.8. The molecule has 0 spiro atoms. The Morgan fingerprint density at radius 1 is 1.50 bits per heavy atom. The number of carbonyl (C=O) groups is 1. The lowest BCUT2D eigenvalue weighted by Gasteiger charge is -2.06. The highest BCUT2D eigenvalue weighted by atomic mass is 35.5. The largest absolute Gasteiger partial charge is 0.386 e. The highest BCUT2D eigenvalue weighted by molar-refractivity contribution is 6.33. The van der Waals surface area contributed by atoms with Crippen LogP contribution >= 0.6 is 23.2 Å². The molecule has 0 unspecified atom stereocenters. The van der Waals surface area contributed by atoms with Crippen LogP contribution in [0.3, 0.4) is 0 Å². The van der Waals surface area contributed by atoms with E-state index in [2.05, 4.69) is 10.3 Å². The van der Waals surface area contributed by atoms with Crippen LogP contribution in [0, 0.1) is 0 Å². The van der Waals surface area contributed by atoms with Crippen LogP contribution in [0.2, 0.25) is 5.02 Å². The van der Waals surface area contributed by atoms with Crippen LogP contribution in [0.5, 0.6) is 0 Å². The highest BCUT2D eigenvalue weighted by Crippen LogP contribution is 2.26. The zero-order valence-electron chi connectivity index (χ0n) is 10.0. The number of nitrogens with zero attached hydrogens (tertiary/aromatic N) is 1. The van der Waals surface area contributed by atoms with Crippen molar-refractivity contribution in [2.24, 2.45) is 10.7 Å². The maximum absolute atomic E-state index is 11.8. The predicted molar refractivity (Wildman–Crippen MR) is 76.1 cm³/mol. The second kappa shape index (κ2) is 7.24. The van der Waals surface area contributed by atoms with Crippen molar-refractivity contribution in [1.82, 2.24) is 5.32 Å². The van der Waals surface area contributed by atoms with Gasteiger partial charge in [-0.05, 0) is 24.6 Å². The molecular formula is C12H15Cl2N3O. The average Bonchev–Trinajstić information content (AvgIpc) is 2.38. The SMILES string of the molecule is CCCNC(=O)c1ccc(Cl)c(N=C(N)CCl)c1. The molecule has 0 atom stereocenters. The molecule has 0 saturated carbocycles. The average molecular weight is 288 g/mol. The van der Waals surface area contributed by atoms with Crippen molar-refractivity contribution in [1.29, 1.82) is 0 Å². The Labute approximate surface area is 116 Å². The molecule has 6 heteroatoms. The van der Waals surface area contributed by atoms with E-state index in [1.165, 1.54) is 0 Å². The standard InChI is InChI=1S/C12H15Cl2N3O/c1-2-5-16-12(18)8-3-4-9(14)10(6-8)17-11(15)7-13/h3-4,6H,2,5,7H2,1H3,(H2,15,17)(H,16,18). The molecule has 0 bridgehead atoms. The molecule has 0 heterocycles. The van der Waals surface area contributed by atoms with Crippen molar-refractivity contribution in [3.63, 3.8) is 0 Å². The van der Waals surface area contributed by atoms with Crippen molar-refractivity contribution in [2.75, 3.05) is 12.4 Å². The fourth-order valence-corrected chi connectivity index (χ4v) is 1.48. The van der Waals surface area contributed by atoms with E-state index in [0.717, 1.165) is 6.42 Å². The summed E-state index contributed by atoms with van der Waals surface area (Å²) in [6, 6.07) is 4.85. The lowest BCUT2D eigenvalue weighted by molar-refractivity contribution is 0.0953. The monoisotopic (exact) mass is 287 g/mol. The number of alkyl halides is 1. The van der Waals surface area contributed by atoms with Gasteiger partial charge in [-0.25, -0.2) is 4.99 Å². The summed E-state index contributed by atoms with van der Waals surface area (Å²) in [7, 11) is 0. The molecule has 1 aromatic carbocycles. The summed E-state index contributed by atoms with van der Waals surface area (Å²) in [6.07, 6.45) is 0.879. The van der Waals surface area contributed by atoms with Crippen LogP contribution < -0.4 is 11.1 Å². The van der Waals surface area contributed by atoms with Crippen LogP contribution in [0.1, 0.15) is 23.7 Å². The summed E-state index contributed by atoms with van der Waals surface area (Å²) in [5.74, 6) is 0.210. The number of nitrogens with two attached hydrogens (primary N) is 1. The van der Waals surface area contributed by atoms with Gasteiger partial charge >= 0.3 is 0 Å². The number of rotatable bonds is 5. The fourth-order valence-electron chi connectivity index (χ4n) is 1.26. The Hall–Kier alpha value is -1.26. The minimum absolute atomic E-state index is 0.114. The molecule has 0 radical (unpaired) electrons. The van der Waals surface area contributed by atoms with E-state index in [-0.39, 0.29) is 17.6 Å². The first-order chi connectivity index (χ1) is 8.58. The maximum Gasteiger partial charge on any atom is 0.251 e. The van der Waals surface area contributed by atoms with Crippen molar-refractivity contribution >= 4 is 40.6 Å². The van der Waals surface area contributed by atoms with Gasteiger partial charge in [0.25, 0.3) is 5.91 Å². The lowest BCUT2D eigenvalue weighted by Crippen LogP contribution is -2.23. The third-order valence-electron chi connectivity index (χ3n) is 2.14. The number of amides is 1. The van der Waals surface area contributed by atoms with Gasteiger partial charge in [-0.3, -0.25) is 4.79 Å². The number of carbonyl (C=O) groups excluding carboxylic acids is 1. The molecule has 0 aliphatic rings. The quantitative estimate of drug-likeness (QED) is 0.497. The molecule has 1 rings (SSSR count). The molecule has 18 heavy (non-hydrogen) atoms. The Kier molecular flexibility index (Phi) is 5.95. The van der Waals surface area contributed by atoms with Gasteiger partial charge in [0.15, 0.2) is 0 Å². The van der Waals surface area contributed by atoms with E-state index in [9.17, 15) is 4.79 Å². The first-order valence-corrected chi connectivity index (χ1v) is 6.46. The van der Waals surface area contributed by atoms with Gasteiger partial charge < -0.3 is 11.1 Å². The molecule has 0 aromatic heterocycles. The summed E-state index contributed by atoms with van der Waals surface area (Å²) < 4.78 is 0. The molecule has 0 aliphatic heterocycles. The zero-order valence-corrected chi connectivity index (χ0v) is 11.6. The van der Waals surface area contributed by atoms with Crippen molar-refractivity contribution in [3.05, 3.63) is 28.8 Å². The van der Waals surface area contributed by atoms with Crippen LogP contribution in [-0.4, -0.2) is 24.2 Å². The normalized spacial score (nSPS) is 11.4. The van der Waals surface area contributed by atoms with Crippen LogP contribution in [0.25, 0.3) is 0 Å². The van der Waals surface area contributed by atoms with Crippen molar-refractivity contribution < 1.29 is 4.79 Å². The minimum Gasteiger partial charge on any atom is -0.386 e. The predicted octanol–water partition coefficient (Wildman–Crippen LogP) is 2.71. The van der Waals surface area contributed by atoms with E-state index in [1.54, 1.807) is 18.2 Å². The summed E-state index contributed by atoms with van der Waals surface area (Å²) in [4.78, 5) is 15.8. The van der Waals surface area contributed by atoms with Crippen molar-refractivity contribution in [2.45, 2.75) is 13.3 Å². The molecule has 0 aliphatic carbocycles. The Morgan fingerprint density at radius 3 is 2.83 bits per heavy atom. The molecule has 0 fully saturated rings. The number of nitrogens with one attached hydrogen (secondary N) is 1. The minimum atomic E-state index is -0.158.